The van der Waals surface area contributed by atoms with Crippen LogP contribution < -0.4 is 5.73 Å². The zero-order chi connectivity index (χ0) is 13.2. The van der Waals surface area contributed by atoms with E-state index in [4.69, 9.17) is 5.73 Å². The Kier molecular flexibility index (Phi) is 3.88. The minimum absolute atomic E-state index is 0.385. The summed E-state index contributed by atoms with van der Waals surface area (Å²) in [7, 11) is 6.56. The predicted octanol–water partition coefficient (Wildman–Crippen LogP) is 1.58. The van der Waals surface area contributed by atoms with Gasteiger partial charge in [-0.3, -0.25) is 0 Å². The van der Waals surface area contributed by atoms with E-state index in [0.29, 0.717) is 11.4 Å². The summed E-state index contributed by atoms with van der Waals surface area (Å²) in [5.41, 5.74) is 7.21. The first-order valence-corrected chi connectivity index (χ1v) is 6.58. The maximum Gasteiger partial charge on any atom is 0.123 e. The maximum atomic E-state index is 5.60. The van der Waals surface area contributed by atoms with Crippen molar-refractivity contribution in [3.05, 3.63) is 23.9 Å². The summed E-state index contributed by atoms with van der Waals surface area (Å²) < 4.78 is 0. The molecule has 4 nitrogen and oxygen atoms in total. The summed E-state index contributed by atoms with van der Waals surface area (Å²) in [6, 6.07) is 3.93. The van der Waals surface area contributed by atoms with E-state index < -0.39 is 0 Å². The highest BCUT2D eigenvalue weighted by atomic mass is 15.2. The second-order valence-corrected chi connectivity index (χ2v) is 5.74. The highest BCUT2D eigenvalue weighted by molar-refractivity contribution is 5.29. The summed E-state index contributed by atoms with van der Waals surface area (Å²) in [6.07, 6.45) is 5.85. The summed E-state index contributed by atoms with van der Waals surface area (Å²) in [6.45, 7) is 2.05. The quantitative estimate of drug-likeness (QED) is 0.859. The van der Waals surface area contributed by atoms with Gasteiger partial charge < -0.3 is 15.5 Å². The zero-order valence-corrected chi connectivity index (χ0v) is 11.7. The minimum atomic E-state index is 0.385. The standard InChI is InChI=1S/C14H24N4/c1-17(2)14(7-4-8-14)11-18(3)10-12-5-6-13(15)16-9-12/h5-6,9H,4,7-8,10-11H2,1-3H3,(H2,15,16). The lowest BCUT2D eigenvalue weighted by Gasteiger charge is -2.49. The van der Waals surface area contributed by atoms with Gasteiger partial charge in [0, 0.05) is 24.8 Å². The molecule has 0 radical (unpaired) electrons. The number of hydrogen-bond donors (Lipinski definition) is 1. The normalized spacial score (nSPS) is 18.1. The first-order chi connectivity index (χ1) is 8.52. The van der Waals surface area contributed by atoms with E-state index in [2.05, 4.69) is 42.0 Å². The van der Waals surface area contributed by atoms with Crippen LogP contribution in [0.25, 0.3) is 0 Å². The van der Waals surface area contributed by atoms with E-state index in [9.17, 15) is 0 Å². The van der Waals surface area contributed by atoms with E-state index in [0.717, 1.165) is 13.1 Å². The number of aromatic nitrogens is 1. The Morgan fingerprint density at radius 2 is 2.00 bits per heavy atom. The van der Waals surface area contributed by atoms with Gasteiger partial charge in [-0.15, -0.1) is 0 Å². The Morgan fingerprint density at radius 3 is 2.44 bits per heavy atom. The molecule has 2 N–H and O–H groups in total. The maximum absolute atomic E-state index is 5.60. The third-order valence-electron chi connectivity index (χ3n) is 4.10. The lowest BCUT2D eigenvalue weighted by atomic mass is 9.75. The molecule has 0 unspecified atom stereocenters. The molecule has 4 heteroatoms. The Bertz CT molecular complexity index is 381. The van der Waals surface area contributed by atoms with Gasteiger partial charge in [-0.2, -0.15) is 0 Å². The summed E-state index contributed by atoms with van der Waals surface area (Å²) >= 11 is 0. The fourth-order valence-corrected chi connectivity index (χ4v) is 2.73. The highest BCUT2D eigenvalue weighted by Gasteiger charge is 2.39. The molecule has 1 heterocycles. The lowest BCUT2D eigenvalue weighted by Crippen LogP contribution is -2.56. The van der Waals surface area contributed by atoms with Gasteiger partial charge in [-0.25, -0.2) is 4.98 Å². The molecule has 1 aliphatic rings. The van der Waals surface area contributed by atoms with Crippen LogP contribution in [0.1, 0.15) is 24.8 Å². The van der Waals surface area contributed by atoms with Crippen LogP contribution in [0.5, 0.6) is 0 Å². The Labute approximate surface area is 110 Å². The number of likely N-dealkylation sites (N-methyl/N-ethyl adjacent to an activating group) is 2. The molecule has 0 aromatic carbocycles. The van der Waals surface area contributed by atoms with Crippen molar-refractivity contribution in [2.45, 2.75) is 31.3 Å². The molecule has 0 amide bonds. The first kappa shape index (κ1) is 13.3. The van der Waals surface area contributed by atoms with Gasteiger partial charge in [0.1, 0.15) is 5.82 Å². The lowest BCUT2D eigenvalue weighted by molar-refractivity contribution is 0.0259. The largest absolute Gasteiger partial charge is 0.384 e. The molecule has 0 atom stereocenters. The predicted molar refractivity (Wildman–Crippen MR) is 75.3 cm³/mol. The molecule has 1 aromatic rings. The molecule has 18 heavy (non-hydrogen) atoms. The number of pyridine rings is 1. The van der Waals surface area contributed by atoms with Crippen LogP contribution in [0.4, 0.5) is 5.82 Å². The van der Waals surface area contributed by atoms with Crippen LogP contribution in [0, 0.1) is 0 Å². The highest BCUT2D eigenvalue weighted by Crippen LogP contribution is 2.36. The number of nitrogens with two attached hydrogens (primary N) is 1. The number of nitrogens with zero attached hydrogens (tertiary/aromatic N) is 3. The molecule has 1 aliphatic carbocycles. The van der Waals surface area contributed by atoms with Gasteiger partial charge in [-0.05, 0) is 52.0 Å². The molecular weight excluding hydrogens is 224 g/mol. The smallest absolute Gasteiger partial charge is 0.123 e. The van der Waals surface area contributed by atoms with Crippen LogP contribution in [-0.2, 0) is 6.54 Å². The SMILES string of the molecule is CN(Cc1ccc(N)nc1)CC1(N(C)C)CCC1. The van der Waals surface area contributed by atoms with Crippen molar-refractivity contribution < 1.29 is 0 Å². The van der Waals surface area contributed by atoms with Crippen molar-refractivity contribution in [3.8, 4) is 0 Å². The van der Waals surface area contributed by atoms with Crippen molar-refractivity contribution in [2.75, 3.05) is 33.4 Å². The number of hydrogen-bond acceptors (Lipinski definition) is 4. The van der Waals surface area contributed by atoms with Gasteiger partial charge in [0.25, 0.3) is 0 Å². The average Bonchev–Trinajstić information content (AvgIpc) is 2.26. The van der Waals surface area contributed by atoms with Crippen molar-refractivity contribution in [3.63, 3.8) is 0 Å². The molecule has 0 aliphatic heterocycles. The summed E-state index contributed by atoms with van der Waals surface area (Å²) in [5.74, 6) is 0.588. The molecule has 1 saturated carbocycles. The fourth-order valence-electron chi connectivity index (χ4n) is 2.73. The molecular formula is C14H24N4. The van der Waals surface area contributed by atoms with E-state index >= 15 is 0 Å². The van der Waals surface area contributed by atoms with Crippen LogP contribution in [0.3, 0.4) is 0 Å². The minimum Gasteiger partial charge on any atom is -0.384 e. The van der Waals surface area contributed by atoms with Crippen molar-refractivity contribution >= 4 is 5.82 Å². The second-order valence-electron chi connectivity index (χ2n) is 5.74. The van der Waals surface area contributed by atoms with Gasteiger partial charge in [-0.1, -0.05) is 6.07 Å². The van der Waals surface area contributed by atoms with E-state index in [1.165, 1.54) is 24.8 Å². The molecule has 0 bridgehead atoms. The third-order valence-corrected chi connectivity index (χ3v) is 4.10. The number of nitrogen functional groups attached to an aromatic ring is 1. The van der Waals surface area contributed by atoms with E-state index in [-0.39, 0.29) is 0 Å². The van der Waals surface area contributed by atoms with Crippen LogP contribution in [0.15, 0.2) is 18.3 Å². The van der Waals surface area contributed by atoms with Crippen molar-refractivity contribution in [1.29, 1.82) is 0 Å². The molecule has 100 valence electrons. The summed E-state index contributed by atoms with van der Waals surface area (Å²) in [4.78, 5) is 8.90. The molecule has 1 aromatic heterocycles. The topological polar surface area (TPSA) is 45.4 Å². The molecule has 0 saturated heterocycles. The molecule has 2 rings (SSSR count). The van der Waals surface area contributed by atoms with Gasteiger partial charge in [0.05, 0.1) is 0 Å². The van der Waals surface area contributed by atoms with Crippen LogP contribution in [-0.4, -0.2) is 48.0 Å². The van der Waals surface area contributed by atoms with Crippen molar-refractivity contribution in [2.24, 2.45) is 0 Å². The second kappa shape index (κ2) is 5.24. The Balaban J connectivity index is 1.92. The van der Waals surface area contributed by atoms with Gasteiger partial charge in [0.2, 0.25) is 0 Å². The Hall–Kier alpha value is -1.13. The summed E-state index contributed by atoms with van der Waals surface area (Å²) in [5, 5.41) is 0. The third kappa shape index (κ3) is 2.82. The molecule has 0 spiro atoms. The van der Waals surface area contributed by atoms with Gasteiger partial charge >= 0.3 is 0 Å². The average molecular weight is 248 g/mol. The van der Waals surface area contributed by atoms with E-state index in [1.807, 2.05) is 12.3 Å². The molecule has 1 fully saturated rings. The monoisotopic (exact) mass is 248 g/mol. The fraction of sp³-hybridized carbons (Fsp3) is 0.643. The van der Waals surface area contributed by atoms with Crippen LogP contribution >= 0.6 is 0 Å². The van der Waals surface area contributed by atoms with Crippen molar-refractivity contribution in [1.82, 2.24) is 14.8 Å². The first-order valence-electron chi connectivity index (χ1n) is 6.58. The van der Waals surface area contributed by atoms with Crippen LogP contribution in [0.2, 0.25) is 0 Å². The number of anilines is 1. The Morgan fingerprint density at radius 1 is 1.28 bits per heavy atom. The number of rotatable bonds is 5. The van der Waals surface area contributed by atoms with E-state index in [1.54, 1.807) is 0 Å². The van der Waals surface area contributed by atoms with Gasteiger partial charge in [0.15, 0.2) is 0 Å². The zero-order valence-electron chi connectivity index (χ0n) is 11.7.